The first kappa shape index (κ1) is 17.0. The van der Waals surface area contributed by atoms with E-state index in [1.807, 2.05) is 6.92 Å². The van der Waals surface area contributed by atoms with E-state index in [1.54, 1.807) is 0 Å². The van der Waals surface area contributed by atoms with E-state index in [0.717, 1.165) is 12.5 Å². The maximum atomic E-state index is 10.8. The van der Waals surface area contributed by atoms with Gasteiger partial charge in [-0.05, 0) is 31.9 Å². The van der Waals surface area contributed by atoms with Gasteiger partial charge in [-0.3, -0.25) is 4.79 Å². The van der Waals surface area contributed by atoms with Crippen LogP contribution in [0, 0.1) is 13.8 Å². The number of aliphatic imine (C=N–C) groups is 1. The summed E-state index contributed by atoms with van der Waals surface area (Å²) in [7, 11) is 0. The summed E-state index contributed by atoms with van der Waals surface area (Å²) in [5.74, 6) is 0.747. The first-order valence-corrected chi connectivity index (χ1v) is 7.35. The van der Waals surface area contributed by atoms with Crippen molar-refractivity contribution in [3.8, 4) is 0 Å². The number of nitrogens with zero attached hydrogens (tertiary/aromatic N) is 1. The molecule has 116 valence electrons. The molecule has 0 saturated heterocycles. The van der Waals surface area contributed by atoms with Gasteiger partial charge in [0, 0.05) is 26.6 Å². The third-order valence-electron chi connectivity index (χ3n) is 3.04. The molecule has 0 aliphatic rings. The minimum absolute atomic E-state index is 0.0194. The number of carbonyl (C=O) groups is 1. The van der Waals surface area contributed by atoms with Crippen LogP contribution in [0.2, 0.25) is 0 Å². The molecule has 0 aliphatic heterocycles. The Hall–Kier alpha value is -2.04. The summed E-state index contributed by atoms with van der Waals surface area (Å²) in [4.78, 5) is 15.4. The van der Waals surface area contributed by atoms with Gasteiger partial charge in [0.2, 0.25) is 5.91 Å². The average Bonchev–Trinajstić information content (AvgIpc) is 2.42. The Morgan fingerprint density at radius 2 is 1.86 bits per heavy atom. The highest BCUT2D eigenvalue weighted by molar-refractivity contribution is 5.79. The van der Waals surface area contributed by atoms with Crippen molar-refractivity contribution in [1.82, 2.24) is 16.0 Å². The van der Waals surface area contributed by atoms with E-state index in [9.17, 15) is 4.79 Å². The molecule has 0 aromatic heterocycles. The predicted molar refractivity (Wildman–Crippen MR) is 87.4 cm³/mol. The van der Waals surface area contributed by atoms with Gasteiger partial charge < -0.3 is 16.0 Å². The van der Waals surface area contributed by atoms with Gasteiger partial charge in [0.05, 0.1) is 6.54 Å². The van der Waals surface area contributed by atoms with Crippen molar-refractivity contribution in [2.45, 2.75) is 34.2 Å². The fourth-order valence-electron chi connectivity index (χ4n) is 1.95. The third-order valence-corrected chi connectivity index (χ3v) is 3.04. The topological polar surface area (TPSA) is 65.5 Å². The molecule has 0 atom stereocenters. The lowest BCUT2D eigenvalue weighted by Gasteiger charge is -2.12. The predicted octanol–water partition coefficient (Wildman–Crippen LogP) is 1.49. The zero-order valence-corrected chi connectivity index (χ0v) is 13.4. The van der Waals surface area contributed by atoms with Gasteiger partial charge in [0.1, 0.15) is 0 Å². The van der Waals surface area contributed by atoms with Crippen molar-refractivity contribution in [3.05, 3.63) is 34.9 Å². The highest BCUT2D eigenvalue weighted by atomic mass is 16.1. The molecule has 5 heteroatoms. The lowest BCUT2D eigenvalue weighted by atomic mass is 10.1. The molecule has 0 spiro atoms. The first-order chi connectivity index (χ1) is 10.0. The molecule has 0 heterocycles. The highest BCUT2D eigenvalue weighted by Crippen LogP contribution is 2.11. The van der Waals surface area contributed by atoms with Crippen LogP contribution >= 0.6 is 0 Å². The number of carbonyl (C=O) groups excluding carboxylic acids is 1. The Morgan fingerprint density at radius 1 is 1.14 bits per heavy atom. The van der Waals surface area contributed by atoms with Gasteiger partial charge >= 0.3 is 0 Å². The Balaban J connectivity index is 2.56. The van der Waals surface area contributed by atoms with Gasteiger partial charge in [0.25, 0.3) is 0 Å². The van der Waals surface area contributed by atoms with Crippen LogP contribution in [0.3, 0.4) is 0 Å². The van der Waals surface area contributed by atoms with Crippen LogP contribution in [0.1, 0.15) is 30.5 Å². The largest absolute Gasteiger partial charge is 0.357 e. The fraction of sp³-hybridized carbons (Fsp3) is 0.500. The van der Waals surface area contributed by atoms with Crippen LogP contribution in [-0.4, -0.2) is 31.5 Å². The molecule has 0 bridgehead atoms. The Kier molecular flexibility index (Phi) is 7.29. The number of benzene rings is 1. The number of guanidine groups is 1. The van der Waals surface area contributed by atoms with Gasteiger partial charge in [-0.1, -0.05) is 23.8 Å². The minimum Gasteiger partial charge on any atom is -0.357 e. The second-order valence-corrected chi connectivity index (χ2v) is 5.03. The first-order valence-electron chi connectivity index (χ1n) is 7.35. The summed E-state index contributed by atoms with van der Waals surface area (Å²) in [6.07, 6.45) is 0. The molecule has 0 aliphatic carbocycles. The van der Waals surface area contributed by atoms with E-state index in [1.165, 1.54) is 23.6 Å². The number of hydrogen-bond acceptors (Lipinski definition) is 2. The lowest BCUT2D eigenvalue weighted by Crippen LogP contribution is -2.41. The summed E-state index contributed by atoms with van der Waals surface area (Å²) in [5.41, 5.74) is 3.74. The number of hydrogen-bond donors (Lipinski definition) is 3. The minimum atomic E-state index is -0.0194. The Bertz CT molecular complexity index is 497. The molecule has 1 aromatic rings. The normalized spacial score (nSPS) is 11.1. The molecule has 1 aromatic carbocycles. The molecule has 0 fully saturated rings. The van der Waals surface area contributed by atoms with Gasteiger partial charge in [0.15, 0.2) is 5.96 Å². The maximum absolute atomic E-state index is 10.8. The third kappa shape index (κ3) is 6.79. The summed E-state index contributed by atoms with van der Waals surface area (Å²) in [6.45, 7) is 10.4. The van der Waals surface area contributed by atoms with Crippen molar-refractivity contribution in [1.29, 1.82) is 0 Å². The molecule has 21 heavy (non-hydrogen) atoms. The summed E-state index contributed by atoms with van der Waals surface area (Å²) in [5, 5.41) is 9.15. The van der Waals surface area contributed by atoms with Crippen molar-refractivity contribution in [3.63, 3.8) is 0 Å². The molecular formula is C16H26N4O. The lowest BCUT2D eigenvalue weighted by molar-refractivity contribution is -0.118. The van der Waals surface area contributed by atoms with E-state index in [-0.39, 0.29) is 5.91 Å². The van der Waals surface area contributed by atoms with Crippen LogP contribution in [0.25, 0.3) is 0 Å². The number of nitrogens with one attached hydrogen (secondary N) is 3. The standard InChI is InChI=1S/C16H26N4O/c1-5-17-16(19-9-8-18-14(4)21)20-11-15-7-6-12(2)10-13(15)3/h6-7,10H,5,8-9,11H2,1-4H3,(H,18,21)(H2,17,19,20). The molecular weight excluding hydrogens is 264 g/mol. The zero-order chi connectivity index (χ0) is 15.7. The Morgan fingerprint density at radius 3 is 2.48 bits per heavy atom. The quantitative estimate of drug-likeness (QED) is 0.422. The van der Waals surface area contributed by atoms with Crippen LogP contribution in [-0.2, 0) is 11.3 Å². The van der Waals surface area contributed by atoms with Crippen LogP contribution in [0.15, 0.2) is 23.2 Å². The summed E-state index contributed by atoms with van der Waals surface area (Å²) >= 11 is 0. The van der Waals surface area contributed by atoms with Gasteiger partial charge in [-0.15, -0.1) is 0 Å². The Labute approximate surface area is 127 Å². The van der Waals surface area contributed by atoms with Gasteiger partial charge in [-0.2, -0.15) is 0 Å². The van der Waals surface area contributed by atoms with Crippen LogP contribution in [0.4, 0.5) is 0 Å². The van der Waals surface area contributed by atoms with Crippen molar-refractivity contribution < 1.29 is 4.79 Å². The van der Waals surface area contributed by atoms with E-state index in [4.69, 9.17) is 0 Å². The van der Waals surface area contributed by atoms with E-state index >= 15 is 0 Å². The zero-order valence-electron chi connectivity index (χ0n) is 13.4. The van der Waals surface area contributed by atoms with Crippen LogP contribution in [0.5, 0.6) is 0 Å². The van der Waals surface area contributed by atoms with E-state index < -0.39 is 0 Å². The second-order valence-electron chi connectivity index (χ2n) is 5.03. The summed E-state index contributed by atoms with van der Waals surface area (Å²) < 4.78 is 0. The second kappa shape index (κ2) is 9.00. The van der Waals surface area contributed by atoms with E-state index in [2.05, 4.69) is 53.0 Å². The molecule has 0 unspecified atom stereocenters. The molecule has 0 saturated carbocycles. The van der Waals surface area contributed by atoms with Crippen molar-refractivity contribution in [2.24, 2.45) is 4.99 Å². The fourth-order valence-corrected chi connectivity index (χ4v) is 1.95. The molecule has 1 amide bonds. The van der Waals surface area contributed by atoms with Crippen LogP contribution < -0.4 is 16.0 Å². The number of aryl methyl sites for hydroxylation is 2. The molecule has 3 N–H and O–H groups in total. The monoisotopic (exact) mass is 290 g/mol. The number of amides is 1. The van der Waals surface area contributed by atoms with Gasteiger partial charge in [-0.25, -0.2) is 4.99 Å². The smallest absolute Gasteiger partial charge is 0.216 e. The SMILES string of the molecule is CCNC(=NCc1ccc(C)cc1C)NCCNC(C)=O. The molecule has 5 nitrogen and oxygen atoms in total. The maximum Gasteiger partial charge on any atom is 0.216 e. The highest BCUT2D eigenvalue weighted by Gasteiger charge is 2.00. The average molecular weight is 290 g/mol. The molecule has 1 rings (SSSR count). The summed E-state index contributed by atoms with van der Waals surface area (Å²) in [6, 6.07) is 6.39. The van der Waals surface area contributed by atoms with E-state index in [0.29, 0.717) is 19.6 Å². The molecule has 0 radical (unpaired) electrons. The van der Waals surface area contributed by atoms with Crippen molar-refractivity contribution in [2.75, 3.05) is 19.6 Å². The number of rotatable bonds is 6. The van der Waals surface area contributed by atoms with Crippen molar-refractivity contribution >= 4 is 11.9 Å².